The van der Waals surface area contributed by atoms with E-state index < -0.39 is 28.1 Å². The van der Waals surface area contributed by atoms with Crippen LogP contribution in [-0.4, -0.2) is 47.1 Å². The smallest absolute Gasteiger partial charge is 0.407 e. The lowest BCUT2D eigenvalue weighted by Crippen LogP contribution is -2.46. The Kier molecular flexibility index (Phi) is 10.5. The van der Waals surface area contributed by atoms with Crippen molar-refractivity contribution in [1.82, 2.24) is 15.4 Å². The molecule has 0 aliphatic heterocycles. The number of anilines is 1. The van der Waals surface area contributed by atoms with E-state index in [1.807, 2.05) is 97.9 Å². The number of ether oxygens (including phenoxy) is 1. The lowest BCUT2D eigenvalue weighted by molar-refractivity contribution is -0.123. The van der Waals surface area contributed by atoms with Crippen molar-refractivity contribution in [2.75, 3.05) is 25.5 Å². The summed E-state index contributed by atoms with van der Waals surface area (Å²) in [6.45, 7) is 0.605. The summed E-state index contributed by atoms with van der Waals surface area (Å²) in [5.74, 6) is -0.453. The van der Waals surface area contributed by atoms with Crippen LogP contribution in [0.1, 0.15) is 24.0 Å². The highest BCUT2D eigenvalue weighted by molar-refractivity contribution is 7.89. The van der Waals surface area contributed by atoms with Crippen molar-refractivity contribution in [1.29, 1.82) is 0 Å². The molecule has 4 aromatic carbocycles. The highest BCUT2D eigenvalue weighted by atomic mass is 32.2. The molecule has 1 atom stereocenters. The van der Waals surface area contributed by atoms with Crippen LogP contribution < -0.4 is 20.3 Å². The Morgan fingerprint density at radius 1 is 0.810 bits per heavy atom. The number of nitrogens with one attached hydrogen (secondary N) is 3. The van der Waals surface area contributed by atoms with E-state index in [0.29, 0.717) is 6.42 Å². The molecule has 42 heavy (non-hydrogen) atoms. The fraction of sp³-hybridized carbons (Fsp3) is 0.250. The second-order valence-electron chi connectivity index (χ2n) is 10.1. The van der Waals surface area contributed by atoms with E-state index >= 15 is 0 Å². The molecule has 0 saturated heterocycles. The number of hydrogen-bond donors (Lipinski definition) is 3. The molecule has 0 aliphatic carbocycles. The van der Waals surface area contributed by atoms with E-state index in [1.165, 1.54) is 6.07 Å². The van der Waals surface area contributed by atoms with Crippen LogP contribution >= 0.6 is 0 Å². The number of carbonyl (C=O) groups excluding carboxylic acids is 2. The SMILES string of the molecule is CN(C)c1ccc2cc(S(=O)(=O)N[C@@H](CCCNC(=O)OCc3ccccc3)C(=O)NCc3ccccc3)ccc2c1. The van der Waals surface area contributed by atoms with Crippen molar-refractivity contribution in [3.05, 3.63) is 108 Å². The molecule has 0 bridgehead atoms. The van der Waals surface area contributed by atoms with Gasteiger partial charge < -0.3 is 20.3 Å². The van der Waals surface area contributed by atoms with Crippen LogP contribution in [-0.2, 0) is 32.7 Å². The maximum atomic E-state index is 13.4. The van der Waals surface area contributed by atoms with Gasteiger partial charge in [-0.05, 0) is 59.0 Å². The Hall–Kier alpha value is -4.41. The fourth-order valence-electron chi connectivity index (χ4n) is 4.33. The second-order valence-corrected chi connectivity index (χ2v) is 11.8. The van der Waals surface area contributed by atoms with E-state index in [1.54, 1.807) is 12.1 Å². The van der Waals surface area contributed by atoms with Crippen molar-refractivity contribution in [2.45, 2.75) is 36.9 Å². The Labute approximate surface area is 246 Å². The molecule has 4 aromatic rings. The van der Waals surface area contributed by atoms with Gasteiger partial charge in [0.05, 0.1) is 4.90 Å². The molecule has 4 rings (SSSR count). The van der Waals surface area contributed by atoms with Gasteiger partial charge in [0.2, 0.25) is 15.9 Å². The first-order valence-electron chi connectivity index (χ1n) is 13.7. The normalized spacial score (nSPS) is 12.0. The summed E-state index contributed by atoms with van der Waals surface area (Å²) in [5, 5.41) is 7.16. The van der Waals surface area contributed by atoms with Gasteiger partial charge in [-0.25, -0.2) is 13.2 Å². The third-order valence-electron chi connectivity index (χ3n) is 6.70. The van der Waals surface area contributed by atoms with Crippen LogP contribution in [0.4, 0.5) is 10.5 Å². The minimum Gasteiger partial charge on any atom is -0.445 e. The number of carbonyl (C=O) groups is 2. The zero-order chi connectivity index (χ0) is 30.0. The molecule has 220 valence electrons. The number of fused-ring (bicyclic) bond motifs is 1. The van der Waals surface area contributed by atoms with Gasteiger partial charge in [-0.1, -0.05) is 72.8 Å². The van der Waals surface area contributed by atoms with Crippen LogP contribution in [0.2, 0.25) is 0 Å². The number of sulfonamides is 1. The van der Waals surface area contributed by atoms with E-state index in [2.05, 4.69) is 15.4 Å². The van der Waals surface area contributed by atoms with Crippen LogP contribution in [0.3, 0.4) is 0 Å². The van der Waals surface area contributed by atoms with Crippen LogP contribution in [0.5, 0.6) is 0 Å². The topological polar surface area (TPSA) is 117 Å². The largest absolute Gasteiger partial charge is 0.445 e. The molecule has 0 heterocycles. The lowest BCUT2D eigenvalue weighted by Gasteiger charge is -2.19. The van der Waals surface area contributed by atoms with Crippen LogP contribution in [0, 0.1) is 0 Å². The molecule has 0 unspecified atom stereocenters. The van der Waals surface area contributed by atoms with Gasteiger partial charge >= 0.3 is 6.09 Å². The van der Waals surface area contributed by atoms with E-state index in [0.717, 1.165) is 27.6 Å². The Bertz CT molecular complexity index is 1600. The summed E-state index contributed by atoms with van der Waals surface area (Å²) in [4.78, 5) is 27.3. The molecular formula is C32H36N4O5S. The highest BCUT2D eigenvalue weighted by Crippen LogP contribution is 2.24. The first-order chi connectivity index (χ1) is 20.2. The average Bonchev–Trinajstić information content (AvgIpc) is 3.00. The number of hydrogen-bond acceptors (Lipinski definition) is 6. The van der Waals surface area contributed by atoms with Gasteiger partial charge in [0.15, 0.2) is 0 Å². The van der Waals surface area contributed by atoms with Gasteiger partial charge in [-0.15, -0.1) is 0 Å². The summed E-state index contributed by atoms with van der Waals surface area (Å²) in [6.07, 6.45) is -0.0752. The minimum atomic E-state index is -4.03. The minimum absolute atomic E-state index is 0.0658. The number of benzene rings is 4. The molecule has 0 aromatic heterocycles. The number of rotatable bonds is 13. The third-order valence-corrected chi connectivity index (χ3v) is 8.17. The van der Waals surface area contributed by atoms with Gasteiger partial charge in [-0.2, -0.15) is 4.72 Å². The van der Waals surface area contributed by atoms with Gasteiger partial charge in [0.1, 0.15) is 12.6 Å². The van der Waals surface area contributed by atoms with Crippen molar-refractivity contribution < 1.29 is 22.7 Å². The average molecular weight is 589 g/mol. The zero-order valence-electron chi connectivity index (χ0n) is 23.7. The standard InChI is InChI=1S/C32H36N4O5S/c1-36(2)28-17-15-27-21-29(18-16-26(27)20-28)42(39,40)35-30(31(37)34-22-24-10-5-3-6-11-24)14-9-19-33-32(38)41-23-25-12-7-4-8-13-25/h3-8,10-13,15-18,20-21,30,35H,9,14,19,22-23H2,1-2H3,(H,33,38)(H,34,37)/t30-/m0/s1. The van der Waals surface area contributed by atoms with Gasteiger partial charge in [0.25, 0.3) is 0 Å². The van der Waals surface area contributed by atoms with E-state index in [9.17, 15) is 18.0 Å². The number of alkyl carbamates (subject to hydrolysis) is 1. The Morgan fingerprint density at radius 3 is 2.14 bits per heavy atom. The fourth-order valence-corrected chi connectivity index (χ4v) is 5.60. The molecule has 0 fully saturated rings. The molecule has 2 amide bonds. The van der Waals surface area contributed by atoms with Gasteiger partial charge in [0, 0.05) is 32.9 Å². The molecule has 0 spiro atoms. The molecule has 9 nitrogen and oxygen atoms in total. The van der Waals surface area contributed by atoms with Crippen molar-refractivity contribution in [2.24, 2.45) is 0 Å². The second kappa shape index (κ2) is 14.5. The highest BCUT2D eigenvalue weighted by Gasteiger charge is 2.26. The maximum absolute atomic E-state index is 13.4. The Morgan fingerprint density at radius 2 is 1.45 bits per heavy atom. The van der Waals surface area contributed by atoms with Crippen molar-refractivity contribution in [3.8, 4) is 0 Å². The van der Waals surface area contributed by atoms with Crippen LogP contribution in [0.15, 0.2) is 102 Å². The molecule has 10 heteroatoms. The third kappa shape index (κ3) is 8.79. The summed E-state index contributed by atoms with van der Waals surface area (Å²) >= 11 is 0. The zero-order valence-corrected chi connectivity index (χ0v) is 24.6. The first kappa shape index (κ1) is 30.5. The summed E-state index contributed by atoms with van der Waals surface area (Å²) in [6, 6.07) is 28.3. The molecule has 0 radical (unpaired) electrons. The monoisotopic (exact) mass is 588 g/mol. The summed E-state index contributed by atoms with van der Waals surface area (Å²) in [7, 11) is -0.150. The Balaban J connectivity index is 1.40. The predicted octanol–water partition coefficient (Wildman–Crippen LogP) is 4.58. The predicted molar refractivity (Wildman–Crippen MR) is 165 cm³/mol. The summed E-state index contributed by atoms with van der Waals surface area (Å²) < 4.78 is 34.6. The lowest BCUT2D eigenvalue weighted by atomic mass is 10.1. The van der Waals surface area contributed by atoms with Crippen molar-refractivity contribution >= 4 is 38.5 Å². The molecule has 0 aliphatic rings. The van der Waals surface area contributed by atoms with Crippen molar-refractivity contribution in [3.63, 3.8) is 0 Å². The molecule has 3 N–H and O–H groups in total. The molecular weight excluding hydrogens is 552 g/mol. The maximum Gasteiger partial charge on any atom is 0.407 e. The first-order valence-corrected chi connectivity index (χ1v) is 15.2. The number of amides is 2. The molecule has 0 saturated carbocycles. The van der Waals surface area contributed by atoms with Crippen LogP contribution in [0.25, 0.3) is 10.8 Å². The summed E-state index contributed by atoms with van der Waals surface area (Å²) in [5.41, 5.74) is 2.76. The van der Waals surface area contributed by atoms with E-state index in [-0.39, 0.29) is 31.0 Å². The van der Waals surface area contributed by atoms with E-state index in [4.69, 9.17) is 4.74 Å². The quantitative estimate of drug-likeness (QED) is 0.197. The number of nitrogens with zero attached hydrogens (tertiary/aromatic N) is 1. The van der Waals surface area contributed by atoms with Gasteiger partial charge in [-0.3, -0.25) is 4.79 Å².